The first-order valence-electron chi connectivity index (χ1n) is 8.88. The molecule has 0 aliphatic heterocycles. The molecule has 0 saturated heterocycles. The van der Waals surface area contributed by atoms with Gasteiger partial charge in [-0.2, -0.15) is 0 Å². The average Bonchev–Trinajstić information content (AvgIpc) is 2.41. The summed E-state index contributed by atoms with van der Waals surface area (Å²) < 4.78 is 0. The molecule has 0 bridgehead atoms. The zero-order valence-electron chi connectivity index (χ0n) is 14.4. The van der Waals surface area contributed by atoms with Gasteiger partial charge in [-0.15, -0.1) is 11.6 Å². The molecule has 1 fully saturated rings. The van der Waals surface area contributed by atoms with E-state index in [-0.39, 0.29) is 0 Å². The first-order chi connectivity index (χ1) is 9.95. The summed E-state index contributed by atoms with van der Waals surface area (Å²) in [5, 5.41) is 0. The number of hydrogen-bond acceptors (Lipinski definition) is 0. The molecule has 0 unspecified atom stereocenters. The van der Waals surface area contributed by atoms with Crippen molar-refractivity contribution in [2.45, 2.75) is 72.6 Å². The third-order valence-corrected chi connectivity index (χ3v) is 6.14. The summed E-state index contributed by atoms with van der Waals surface area (Å²) in [5.41, 5.74) is 3.72. The maximum Gasteiger partial charge on any atom is 0.0406 e. The van der Waals surface area contributed by atoms with Crippen LogP contribution in [0.1, 0.15) is 72.6 Å². The first kappa shape index (κ1) is 17.1. The van der Waals surface area contributed by atoms with E-state index in [1.54, 1.807) is 5.57 Å². The maximum absolute atomic E-state index is 5.79. The Morgan fingerprint density at radius 1 is 1.43 bits per heavy atom. The first-order valence-corrected chi connectivity index (χ1v) is 9.41. The number of alkyl halides is 1. The van der Waals surface area contributed by atoms with Crippen LogP contribution in [0.25, 0.3) is 0 Å². The van der Waals surface area contributed by atoms with Crippen molar-refractivity contribution in [1.82, 2.24) is 0 Å². The van der Waals surface area contributed by atoms with Crippen LogP contribution in [-0.4, -0.2) is 5.88 Å². The zero-order valence-corrected chi connectivity index (χ0v) is 15.2. The Labute approximate surface area is 137 Å². The number of hydrogen-bond donors (Lipinski definition) is 0. The topological polar surface area (TPSA) is 0 Å². The minimum Gasteiger partial charge on any atom is -0.122 e. The zero-order chi connectivity index (χ0) is 15.5. The summed E-state index contributed by atoms with van der Waals surface area (Å²) in [4.78, 5) is 0. The number of rotatable bonds is 5. The van der Waals surface area contributed by atoms with Crippen LogP contribution in [0.5, 0.6) is 0 Å². The highest BCUT2D eigenvalue weighted by atomic mass is 35.5. The molecule has 2 aliphatic carbocycles. The van der Waals surface area contributed by atoms with Crippen molar-refractivity contribution in [2.24, 2.45) is 23.2 Å². The highest BCUT2D eigenvalue weighted by Crippen LogP contribution is 2.52. The Balaban J connectivity index is 1.99. The Hall–Kier alpha value is -0.230. The van der Waals surface area contributed by atoms with Crippen molar-refractivity contribution < 1.29 is 0 Å². The Bertz CT molecular complexity index is 402. The van der Waals surface area contributed by atoms with E-state index in [0.717, 1.165) is 17.8 Å². The van der Waals surface area contributed by atoms with Crippen LogP contribution in [0.2, 0.25) is 0 Å². The lowest BCUT2D eigenvalue weighted by atomic mass is 9.58. The summed E-state index contributed by atoms with van der Waals surface area (Å²) in [6.07, 6.45) is 14.3. The molecule has 0 N–H and O–H groups in total. The Kier molecular flexibility index (Phi) is 6.00. The van der Waals surface area contributed by atoms with Gasteiger partial charge in [0.15, 0.2) is 0 Å². The fourth-order valence-corrected chi connectivity index (χ4v) is 4.92. The normalized spacial score (nSPS) is 32.5. The van der Waals surface area contributed by atoms with E-state index in [4.69, 9.17) is 11.6 Å². The monoisotopic (exact) mass is 308 g/mol. The van der Waals surface area contributed by atoms with Crippen molar-refractivity contribution >= 4 is 11.6 Å². The summed E-state index contributed by atoms with van der Waals surface area (Å²) in [7, 11) is 0. The van der Waals surface area contributed by atoms with Crippen LogP contribution in [0.4, 0.5) is 0 Å². The molecule has 21 heavy (non-hydrogen) atoms. The number of halogens is 1. The van der Waals surface area contributed by atoms with Crippen molar-refractivity contribution in [1.29, 1.82) is 0 Å². The van der Waals surface area contributed by atoms with Crippen LogP contribution < -0.4 is 0 Å². The van der Waals surface area contributed by atoms with Crippen LogP contribution in [0.3, 0.4) is 0 Å². The van der Waals surface area contributed by atoms with Gasteiger partial charge in [-0.25, -0.2) is 0 Å². The third kappa shape index (κ3) is 4.15. The van der Waals surface area contributed by atoms with Gasteiger partial charge >= 0.3 is 0 Å². The van der Waals surface area contributed by atoms with E-state index in [2.05, 4.69) is 39.8 Å². The van der Waals surface area contributed by atoms with E-state index in [9.17, 15) is 0 Å². The number of allylic oxidation sites excluding steroid dienone is 4. The molecule has 0 nitrogen and oxygen atoms in total. The molecule has 2 rings (SSSR count). The van der Waals surface area contributed by atoms with Gasteiger partial charge in [0.25, 0.3) is 0 Å². The predicted molar refractivity (Wildman–Crippen MR) is 94.8 cm³/mol. The second-order valence-corrected chi connectivity index (χ2v) is 8.32. The standard InChI is InChI=1S/C20H33Cl/c1-15(12-14-21)7-5-8-17-16(2)10-11-19-18(17)9-6-13-20(19,3)4/h11-12,16-18H,5-10,13-14H2,1-4H3/b15-12+/t16-,17-,18-/m0/s1. The highest BCUT2D eigenvalue weighted by molar-refractivity contribution is 6.18. The predicted octanol–water partition coefficient (Wildman–Crippen LogP) is 6.75. The van der Waals surface area contributed by atoms with Gasteiger partial charge in [0.05, 0.1) is 0 Å². The SMILES string of the molecule is C/C(=C\CCl)CCC[C@@H]1[C@@H]2CCCC(C)(C)C2=CC[C@@H]1C. The lowest BCUT2D eigenvalue weighted by Gasteiger charge is -2.47. The van der Waals surface area contributed by atoms with E-state index in [1.165, 1.54) is 50.5 Å². The fraction of sp³-hybridized carbons (Fsp3) is 0.800. The van der Waals surface area contributed by atoms with Crippen molar-refractivity contribution in [3.05, 3.63) is 23.3 Å². The van der Waals surface area contributed by atoms with Gasteiger partial charge in [-0.05, 0) is 68.6 Å². The molecule has 1 heteroatoms. The molecule has 0 aromatic rings. The smallest absolute Gasteiger partial charge is 0.0406 e. The molecule has 1 saturated carbocycles. The van der Waals surface area contributed by atoms with E-state index in [1.807, 2.05) is 0 Å². The Morgan fingerprint density at radius 3 is 2.90 bits per heavy atom. The van der Waals surface area contributed by atoms with E-state index >= 15 is 0 Å². The Morgan fingerprint density at radius 2 is 2.19 bits per heavy atom. The molecular weight excluding hydrogens is 276 g/mol. The van der Waals surface area contributed by atoms with E-state index in [0.29, 0.717) is 11.3 Å². The minimum absolute atomic E-state index is 0.454. The largest absolute Gasteiger partial charge is 0.122 e. The fourth-order valence-electron chi connectivity index (χ4n) is 4.66. The minimum atomic E-state index is 0.454. The number of fused-ring (bicyclic) bond motifs is 1. The van der Waals surface area contributed by atoms with Gasteiger partial charge in [0, 0.05) is 5.88 Å². The summed E-state index contributed by atoms with van der Waals surface area (Å²) in [6.45, 7) is 9.62. The molecule has 0 heterocycles. The maximum atomic E-state index is 5.79. The lowest BCUT2D eigenvalue weighted by molar-refractivity contribution is 0.153. The van der Waals surface area contributed by atoms with Gasteiger partial charge < -0.3 is 0 Å². The lowest BCUT2D eigenvalue weighted by Crippen LogP contribution is -2.36. The van der Waals surface area contributed by atoms with Crippen LogP contribution in [0, 0.1) is 23.2 Å². The van der Waals surface area contributed by atoms with Gasteiger partial charge in [0.1, 0.15) is 0 Å². The molecule has 3 atom stereocenters. The van der Waals surface area contributed by atoms with Crippen molar-refractivity contribution in [3.63, 3.8) is 0 Å². The van der Waals surface area contributed by atoms with Gasteiger partial charge in [0.2, 0.25) is 0 Å². The van der Waals surface area contributed by atoms with Crippen LogP contribution >= 0.6 is 11.6 Å². The molecular formula is C20H33Cl. The molecule has 0 aromatic heterocycles. The molecule has 0 amide bonds. The van der Waals surface area contributed by atoms with Crippen LogP contribution in [0.15, 0.2) is 23.3 Å². The average molecular weight is 309 g/mol. The van der Waals surface area contributed by atoms with Crippen molar-refractivity contribution in [3.8, 4) is 0 Å². The summed E-state index contributed by atoms with van der Waals surface area (Å²) in [6, 6.07) is 0. The second kappa shape index (κ2) is 7.36. The third-order valence-electron chi connectivity index (χ3n) is 5.99. The molecule has 0 spiro atoms. The molecule has 2 aliphatic rings. The van der Waals surface area contributed by atoms with Gasteiger partial charge in [-0.1, -0.05) is 50.5 Å². The molecule has 0 radical (unpaired) electrons. The molecule has 120 valence electrons. The van der Waals surface area contributed by atoms with Crippen LogP contribution in [-0.2, 0) is 0 Å². The van der Waals surface area contributed by atoms with E-state index < -0.39 is 0 Å². The van der Waals surface area contributed by atoms with Gasteiger partial charge in [-0.3, -0.25) is 0 Å². The van der Waals surface area contributed by atoms with Crippen molar-refractivity contribution in [2.75, 3.05) is 5.88 Å². The summed E-state index contributed by atoms with van der Waals surface area (Å²) in [5.74, 6) is 3.31. The highest BCUT2D eigenvalue weighted by Gasteiger charge is 2.40. The second-order valence-electron chi connectivity index (χ2n) is 8.02. The quantitative estimate of drug-likeness (QED) is 0.389. The summed E-state index contributed by atoms with van der Waals surface area (Å²) >= 11 is 5.79. The molecule has 0 aromatic carbocycles.